The van der Waals surface area contributed by atoms with Crippen LogP contribution in [0, 0.1) is 0 Å². The molecule has 0 atom stereocenters. The van der Waals surface area contributed by atoms with Gasteiger partial charge in [0.15, 0.2) is 11.5 Å². The fourth-order valence-corrected chi connectivity index (χ4v) is 1.88. The second kappa shape index (κ2) is 6.69. The molecular weight excluding hydrogens is 276 g/mol. The van der Waals surface area contributed by atoms with Gasteiger partial charge in [-0.1, -0.05) is 5.21 Å². The summed E-state index contributed by atoms with van der Waals surface area (Å²) in [6.45, 7) is 0.362. The second-order valence-electron chi connectivity index (χ2n) is 4.29. The van der Waals surface area contributed by atoms with Crippen LogP contribution in [0.15, 0.2) is 18.5 Å². The van der Waals surface area contributed by atoms with Crippen LogP contribution in [-0.4, -0.2) is 45.3 Å². The van der Waals surface area contributed by atoms with Gasteiger partial charge in [0, 0.05) is 24.9 Å². The minimum atomic E-state index is -0.860. The molecule has 112 valence electrons. The third-order valence-electron chi connectivity index (χ3n) is 2.86. The van der Waals surface area contributed by atoms with Crippen LogP contribution in [0.2, 0.25) is 0 Å². The number of methoxy groups -OCH3 is 2. The summed E-state index contributed by atoms with van der Waals surface area (Å²) >= 11 is 0. The van der Waals surface area contributed by atoms with Crippen LogP contribution >= 0.6 is 0 Å². The number of pyridine rings is 1. The molecule has 0 aliphatic heterocycles. The van der Waals surface area contributed by atoms with Gasteiger partial charge < -0.3 is 14.6 Å². The lowest BCUT2D eigenvalue weighted by Gasteiger charge is -2.11. The first-order chi connectivity index (χ1) is 10.1. The van der Waals surface area contributed by atoms with Crippen LogP contribution in [0.25, 0.3) is 0 Å². The minimum Gasteiger partial charge on any atom is -0.493 e. The Hall–Kier alpha value is -2.64. The van der Waals surface area contributed by atoms with Gasteiger partial charge in [-0.25, -0.2) is 4.68 Å². The first kappa shape index (κ1) is 14.8. The van der Waals surface area contributed by atoms with E-state index in [1.165, 1.54) is 0 Å². The van der Waals surface area contributed by atoms with E-state index in [2.05, 4.69) is 15.3 Å². The van der Waals surface area contributed by atoms with Gasteiger partial charge in [0.1, 0.15) is 5.69 Å². The molecule has 21 heavy (non-hydrogen) atoms. The van der Waals surface area contributed by atoms with Crippen molar-refractivity contribution in [2.45, 2.75) is 19.4 Å². The smallest absolute Gasteiger partial charge is 0.303 e. The summed E-state index contributed by atoms with van der Waals surface area (Å²) in [5.74, 6) is 0.275. The predicted octanol–water partition coefficient (Wildman–Crippen LogP) is 0.756. The summed E-state index contributed by atoms with van der Waals surface area (Å²) in [4.78, 5) is 14.8. The highest BCUT2D eigenvalue weighted by Crippen LogP contribution is 2.29. The molecule has 0 aliphatic rings. The maximum Gasteiger partial charge on any atom is 0.303 e. The Bertz CT molecular complexity index is 626. The molecule has 0 bridgehead atoms. The molecule has 0 amide bonds. The fraction of sp³-hybridized carbons (Fsp3) is 0.385. The number of hydrogen-bond donors (Lipinski definition) is 1. The zero-order valence-corrected chi connectivity index (χ0v) is 11.8. The Kier molecular flexibility index (Phi) is 4.70. The minimum absolute atomic E-state index is 0.0272. The average Bonchev–Trinajstić information content (AvgIpc) is 2.92. The SMILES string of the molecule is COc1ccnc(Cn2cc(CCC(=O)O)nn2)c1OC. The molecule has 2 aromatic heterocycles. The summed E-state index contributed by atoms with van der Waals surface area (Å²) in [5, 5.41) is 16.5. The van der Waals surface area contributed by atoms with Crippen LogP contribution in [0.5, 0.6) is 11.5 Å². The van der Waals surface area contributed by atoms with Crippen LogP contribution < -0.4 is 9.47 Å². The maximum atomic E-state index is 10.5. The Balaban J connectivity index is 2.13. The number of aromatic nitrogens is 4. The summed E-state index contributed by atoms with van der Waals surface area (Å²) in [7, 11) is 3.10. The van der Waals surface area contributed by atoms with Crippen molar-refractivity contribution in [1.82, 2.24) is 20.0 Å². The molecule has 0 radical (unpaired) electrons. The van der Waals surface area contributed by atoms with Gasteiger partial charge in [-0.05, 0) is 0 Å². The van der Waals surface area contributed by atoms with E-state index < -0.39 is 5.97 Å². The van der Waals surface area contributed by atoms with Crippen molar-refractivity contribution in [3.63, 3.8) is 0 Å². The number of aryl methyl sites for hydroxylation is 1. The molecule has 0 aromatic carbocycles. The van der Waals surface area contributed by atoms with Crippen molar-refractivity contribution in [3.05, 3.63) is 29.8 Å². The van der Waals surface area contributed by atoms with Gasteiger partial charge in [0.05, 0.1) is 32.9 Å². The number of rotatable bonds is 7. The number of carboxylic acid groups (broad SMARTS) is 1. The highest BCUT2D eigenvalue weighted by Gasteiger charge is 2.12. The fourth-order valence-electron chi connectivity index (χ4n) is 1.88. The molecule has 8 nitrogen and oxygen atoms in total. The largest absolute Gasteiger partial charge is 0.493 e. The van der Waals surface area contributed by atoms with E-state index in [0.29, 0.717) is 35.9 Å². The lowest BCUT2D eigenvalue weighted by atomic mass is 10.2. The van der Waals surface area contributed by atoms with E-state index in [9.17, 15) is 4.79 Å². The third kappa shape index (κ3) is 3.68. The standard InChI is InChI=1S/C13H16N4O4/c1-20-11-5-6-14-10(13(11)21-2)8-17-7-9(15-16-17)3-4-12(18)19/h5-7H,3-4,8H2,1-2H3,(H,18,19). The normalized spacial score (nSPS) is 10.4. The predicted molar refractivity (Wildman–Crippen MR) is 72.4 cm³/mol. The molecule has 0 saturated heterocycles. The summed E-state index contributed by atoms with van der Waals surface area (Å²) in [6.07, 6.45) is 3.69. The van der Waals surface area contributed by atoms with Gasteiger partial charge in [-0.2, -0.15) is 0 Å². The molecule has 1 N–H and O–H groups in total. The zero-order valence-electron chi connectivity index (χ0n) is 11.8. The summed E-state index contributed by atoms with van der Waals surface area (Å²) in [6, 6.07) is 1.71. The third-order valence-corrected chi connectivity index (χ3v) is 2.86. The quantitative estimate of drug-likeness (QED) is 0.804. The van der Waals surface area contributed by atoms with E-state index in [1.54, 1.807) is 37.4 Å². The van der Waals surface area contributed by atoms with Crippen LogP contribution in [0.3, 0.4) is 0 Å². The first-order valence-electron chi connectivity index (χ1n) is 6.30. The van der Waals surface area contributed by atoms with E-state index in [1.807, 2.05) is 0 Å². The Morgan fingerprint density at radius 1 is 1.38 bits per heavy atom. The zero-order chi connectivity index (χ0) is 15.2. The van der Waals surface area contributed by atoms with Gasteiger partial charge in [-0.3, -0.25) is 9.78 Å². The molecule has 0 spiro atoms. The van der Waals surface area contributed by atoms with Crippen molar-refractivity contribution >= 4 is 5.97 Å². The van der Waals surface area contributed by atoms with Crippen LogP contribution in [-0.2, 0) is 17.8 Å². The topological polar surface area (TPSA) is 99.4 Å². The number of aliphatic carboxylic acids is 1. The van der Waals surface area contributed by atoms with Crippen molar-refractivity contribution < 1.29 is 19.4 Å². The Labute approximate surface area is 121 Å². The molecule has 0 unspecified atom stereocenters. The molecule has 2 aromatic rings. The lowest BCUT2D eigenvalue weighted by molar-refractivity contribution is -0.136. The van der Waals surface area contributed by atoms with E-state index >= 15 is 0 Å². The number of carboxylic acids is 1. The van der Waals surface area contributed by atoms with Crippen molar-refractivity contribution in [2.75, 3.05) is 14.2 Å². The van der Waals surface area contributed by atoms with Crippen molar-refractivity contribution in [3.8, 4) is 11.5 Å². The van der Waals surface area contributed by atoms with Crippen LogP contribution in [0.1, 0.15) is 17.8 Å². The lowest BCUT2D eigenvalue weighted by Crippen LogP contribution is -2.06. The molecule has 0 aliphatic carbocycles. The van der Waals surface area contributed by atoms with E-state index in [4.69, 9.17) is 14.6 Å². The Morgan fingerprint density at radius 2 is 2.19 bits per heavy atom. The number of hydrogen-bond acceptors (Lipinski definition) is 6. The summed E-state index contributed by atoms with van der Waals surface area (Å²) in [5.41, 5.74) is 1.28. The maximum absolute atomic E-state index is 10.5. The molecule has 8 heteroatoms. The summed E-state index contributed by atoms with van der Waals surface area (Å²) < 4.78 is 12.1. The number of nitrogens with zero attached hydrogens (tertiary/aromatic N) is 4. The highest BCUT2D eigenvalue weighted by atomic mass is 16.5. The molecule has 0 fully saturated rings. The first-order valence-corrected chi connectivity index (χ1v) is 6.30. The Morgan fingerprint density at radius 3 is 2.86 bits per heavy atom. The molecule has 2 heterocycles. The average molecular weight is 292 g/mol. The van der Waals surface area contributed by atoms with E-state index in [0.717, 1.165) is 0 Å². The van der Waals surface area contributed by atoms with Gasteiger partial charge in [0.2, 0.25) is 0 Å². The molecular formula is C13H16N4O4. The van der Waals surface area contributed by atoms with Gasteiger partial charge in [0.25, 0.3) is 0 Å². The van der Waals surface area contributed by atoms with Crippen molar-refractivity contribution in [1.29, 1.82) is 0 Å². The van der Waals surface area contributed by atoms with Crippen molar-refractivity contribution in [2.24, 2.45) is 0 Å². The highest BCUT2D eigenvalue weighted by molar-refractivity contribution is 5.66. The van der Waals surface area contributed by atoms with E-state index in [-0.39, 0.29) is 6.42 Å². The number of carbonyl (C=O) groups is 1. The van der Waals surface area contributed by atoms with Gasteiger partial charge >= 0.3 is 5.97 Å². The van der Waals surface area contributed by atoms with Crippen LogP contribution in [0.4, 0.5) is 0 Å². The molecule has 0 saturated carbocycles. The molecule has 2 rings (SSSR count). The van der Waals surface area contributed by atoms with Gasteiger partial charge in [-0.15, -0.1) is 5.10 Å². The number of ether oxygens (including phenoxy) is 2. The second-order valence-corrected chi connectivity index (χ2v) is 4.29. The monoisotopic (exact) mass is 292 g/mol.